The molecule has 0 aliphatic carbocycles. The van der Waals surface area contributed by atoms with Crippen LogP contribution in [0.2, 0.25) is 0 Å². The fourth-order valence-corrected chi connectivity index (χ4v) is 4.02. The Labute approximate surface area is 185 Å². The third-order valence-corrected chi connectivity index (χ3v) is 6.11. The van der Waals surface area contributed by atoms with Crippen LogP contribution in [0.5, 0.6) is 0 Å². The Morgan fingerprint density at radius 1 is 1.20 bits per heavy atom. The predicted molar refractivity (Wildman–Crippen MR) is 118 cm³/mol. The fraction of sp³-hybridized carbons (Fsp3) is 0.190. The smallest absolute Gasteiger partial charge is 0.350 e. The topological polar surface area (TPSA) is 82.8 Å². The Morgan fingerprint density at radius 3 is 2.77 bits per heavy atom. The first-order chi connectivity index (χ1) is 14.5. The highest BCUT2D eigenvalue weighted by Gasteiger charge is 2.18. The lowest BCUT2D eigenvalue weighted by Crippen LogP contribution is -2.05. The molecular formula is C21H18BrN5O2S. The van der Waals surface area contributed by atoms with Gasteiger partial charge in [0.15, 0.2) is 0 Å². The van der Waals surface area contributed by atoms with Crippen LogP contribution in [-0.4, -0.2) is 30.9 Å². The van der Waals surface area contributed by atoms with Crippen LogP contribution in [0.3, 0.4) is 0 Å². The summed E-state index contributed by atoms with van der Waals surface area (Å²) >= 11 is 4.72. The summed E-state index contributed by atoms with van der Waals surface area (Å²) < 4.78 is 8.08. The van der Waals surface area contributed by atoms with Gasteiger partial charge in [-0.1, -0.05) is 28.1 Å². The van der Waals surface area contributed by atoms with Gasteiger partial charge in [-0.25, -0.2) is 14.5 Å². The van der Waals surface area contributed by atoms with Gasteiger partial charge in [0, 0.05) is 21.9 Å². The normalized spacial score (nSPS) is 10.9. The summed E-state index contributed by atoms with van der Waals surface area (Å²) in [6.07, 6.45) is 4.34. The van der Waals surface area contributed by atoms with E-state index in [-0.39, 0.29) is 6.61 Å². The molecular weight excluding hydrogens is 466 g/mol. The molecule has 30 heavy (non-hydrogen) atoms. The zero-order valence-corrected chi connectivity index (χ0v) is 18.8. The molecule has 0 unspecified atom stereocenters. The van der Waals surface area contributed by atoms with Gasteiger partial charge >= 0.3 is 5.97 Å². The first-order valence-electron chi connectivity index (χ1n) is 9.30. The van der Waals surface area contributed by atoms with Crippen LogP contribution in [0.1, 0.15) is 33.7 Å². The van der Waals surface area contributed by atoms with Gasteiger partial charge in [0.05, 0.1) is 17.6 Å². The molecule has 4 rings (SSSR count). The number of rotatable bonds is 6. The average molecular weight is 484 g/mol. The summed E-state index contributed by atoms with van der Waals surface area (Å²) in [5, 5.41) is 8.94. The van der Waals surface area contributed by atoms with Gasteiger partial charge in [0.2, 0.25) is 0 Å². The molecule has 0 spiro atoms. The zero-order valence-electron chi connectivity index (χ0n) is 16.4. The maximum Gasteiger partial charge on any atom is 0.350 e. The molecule has 3 heterocycles. The van der Waals surface area contributed by atoms with E-state index in [4.69, 9.17) is 4.74 Å². The van der Waals surface area contributed by atoms with Crippen LogP contribution in [0.4, 0.5) is 0 Å². The maximum absolute atomic E-state index is 12.6. The maximum atomic E-state index is 12.6. The molecule has 0 aliphatic heterocycles. The molecule has 4 aromatic rings. The molecule has 152 valence electrons. The molecule has 0 radical (unpaired) electrons. The van der Waals surface area contributed by atoms with Crippen LogP contribution < -0.4 is 0 Å². The number of hydrogen-bond acceptors (Lipinski definition) is 7. The van der Waals surface area contributed by atoms with Crippen molar-refractivity contribution >= 4 is 33.2 Å². The first-order valence-corrected chi connectivity index (χ1v) is 10.9. The van der Waals surface area contributed by atoms with E-state index in [0.717, 1.165) is 32.8 Å². The molecule has 0 saturated carbocycles. The van der Waals surface area contributed by atoms with Crippen molar-refractivity contribution in [3.05, 3.63) is 75.2 Å². The minimum atomic E-state index is -0.417. The lowest BCUT2D eigenvalue weighted by molar-refractivity contribution is 0.0472. The van der Waals surface area contributed by atoms with Crippen LogP contribution in [0.25, 0.3) is 16.3 Å². The Bertz CT molecular complexity index is 1190. The quantitative estimate of drug-likeness (QED) is 0.367. The Kier molecular flexibility index (Phi) is 6.01. The van der Waals surface area contributed by atoms with Crippen molar-refractivity contribution in [2.75, 3.05) is 0 Å². The summed E-state index contributed by atoms with van der Waals surface area (Å²) in [6, 6.07) is 11.6. The average Bonchev–Trinajstić information content (AvgIpc) is 3.39. The lowest BCUT2D eigenvalue weighted by Gasteiger charge is -2.01. The van der Waals surface area contributed by atoms with Crippen LogP contribution >= 0.6 is 27.3 Å². The van der Waals surface area contributed by atoms with Gasteiger partial charge in [-0.15, -0.1) is 16.4 Å². The number of pyridine rings is 1. The van der Waals surface area contributed by atoms with E-state index in [1.165, 1.54) is 11.3 Å². The van der Waals surface area contributed by atoms with Crippen molar-refractivity contribution in [2.24, 2.45) is 0 Å². The molecule has 3 aromatic heterocycles. The second kappa shape index (κ2) is 8.85. The number of halogens is 1. The van der Waals surface area contributed by atoms with Crippen molar-refractivity contribution in [1.29, 1.82) is 0 Å². The van der Waals surface area contributed by atoms with E-state index in [9.17, 15) is 4.79 Å². The van der Waals surface area contributed by atoms with E-state index < -0.39 is 5.97 Å². The number of aryl methyl sites for hydroxylation is 2. The van der Waals surface area contributed by atoms with E-state index in [2.05, 4.69) is 43.1 Å². The number of aromatic nitrogens is 5. The van der Waals surface area contributed by atoms with Gasteiger partial charge in [0.1, 0.15) is 22.2 Å². The summed E-state index contributed by atoms with van der Waals surface area (Å²) in [5.74, 6) is -0.417. The Hall–Kier alpha value is -2.91. The van der Waals surface area contributed by atoms with Gasteiger partial charge in [-0.3, -0.25) is 4.98 Å². The monoisotopic (exact) mass is 483 g/mol. The second-order valence-corrected chi connectivity index (χ2v) is 8.44. The Balaban J connectivity index is 1.44. The van der Waals surface area contributed by atoms with Crippen LogP contribution in [0, 0.1) is 6.92 Å². The molecule has 0 amide bonds. The molecule has 0 saturated heterocycles. The van der Waals surface area contributed by atoms with E-state index in [1.54, 1.807) is 17.1 Å². The number of thiazole rings is 1. The number of benzene rings is 1. The molecule has 0 fully saturated rings. The molecule has 0 N–H and O–H groups in total. The van der Waals surface area contributed by atoms with Crippen molar-refractivity contribution in [3.8, 4) is 16.3 Å². The minimum Gasteiger partial charge on any atom is -0.455 e. The van der Waals surface area contributed by atoms with Crippen molar-refractivity contribution in [3.63, 3.8) is 0 Å². The molecule has 9 heteroatoms. The van der Waals surface area contributed by atoms with Crippen molar-refractivity contribution in [2.45, 2.75) is 26.9 Å². The summed E-state index contributed by atoms with van der Waals surface area (Å²) in [6.45, 7) is 3.90. The molecule has 0 bridgehead atoms. The Morgan fingerprint density at radius 2 is 2.00 bits per heavy atom. The predicted octanol–water partition coefficient (Wildman–Crippen LogP) is 4.78. The summed E-state index contributed by atoms with van der Waals surface area (Å²) in [4.78, 5) is 21.9. The van der Waals surface area contributed by atoms with Crippen LogP contribution in [-0.2, 0) is 17.8 Å². The number of carbonyl (C=O) groups excluding carboxylic acids is 1. The largest absolute Gasteiger partial charge is 0.455 e. The molecule has 0 aliphatic rings. The lowest BCUT2D eigenvalue weighted by atomic mass is 10.2. The van der Waals surface area contributed by atoms with Gasteiger partial charge in [0.25, 0.3) is 0 Å². The first kappa shape index (κ1) is 20.4. The third-order valence-electron chi connectivity index (χ3n) is 4.39. The van der Waals surface area contributed by atoms with Gasteiger partial charge in [-0.05, 0) is 49.7 Å². The van der Waals surface area contributed by atoms with E-state index in [0.29, 0.717) is 16.3 Å². The number of nitrogens with zero attached hydrogens (tertiary/aromatic N) is 5. The molecule has 7 nitrogen and oxygen atoms in total. The number of hydrogen-bond donors (Lipinski definition) is 0. The standard InChI is InChI=1S/C21H18BrN5O2S/c1-3-16-10-14(8-9-23-16)20-24-13(2)19(30-20)21(28)29-12-17-11-27(26-25-17)18-6-4-15(22)5-7-18/h4-11H,3,12H2,1-2H3. The SMILES string of the molecule is CCc1cc(-c2nc(C)c(C(=O)OCc3cn(-c4ccc(Br)cc4)nn3)s2)ccn1. The fourth-order valence-electron chi connectivity index (χ4n) is 2.80. The second-order valence-electron chi connectivity index (χ2n) is 6.53. The van der Waals surface area contributed by atoms with Crippen molar-refractivity contribution in [1.82, 2.24) is 25.0 Å². The minimum absolute atomic E-state index is 0.0390. The van der Waals surface area contributed by atoms with E-state index in [1.807, 2.05) is 43.3 Å². The number of esters is 1. The van der Waals surface area contributed by atoms with Gasteiger partial charge in [-0.2, -0.15) is 0 Å². The molecule has 1 aromatic carbocycles. The van der Waals surface area contributed by atoms with Crippen LogP contribution in [0.15, 0.2) is 53.3 Å². The molecule has 0 atom stereocenters. The highest BCUT2D eigenvalue weighted by Crippen LogP contribution is 2.29. The zero-order chi connectivity index (χ0) is 21.1. The van der Waals surface area contributed by atoms with E-state index >= 15 is 0 Å². The summed E-state index contributed by atoms with van der Waals surface area (Å²) in [5.41, 5.74) is 4.02. The highest BCUT2D eigenvalue weighted by molar-refractivity contribution is 9.10. The summed E-state index contributed by atoms with van der Waals surface area (Å²) in [7, 11) is 0. The van der Waals surface area contributed by atoms with Crippen molar-refractivity contribution < 1.29 is 9.53 Å². The third kappa shape index (κ3) is 4.47. The number of carbonyl (C=O) groups is 1. The van der Waals surface area contributed by atoms with Gasteiger partial charge < -0.3 is 4.74 Å². The number of ether oxygens (including phenoxy) is 1. The highest BCUT2D eigenvalue weighted by atomic mass is 79.9.